The Hall–Kier alpha value is -0.0800. The minimum Gasteiger partial charge on any atom is -0.328 e. The van der Waals surface area contributed by atoms with Gasteiger partial charge in [-0.1, -0.05) is 19.3 Å². The highest BCUT2D eigenvalue weighted by molar-refractivity contribution is 4.67. The van der Waals surface area contributed by atoms with Crippen LogP contribution in [0, 0.1) is 0 Å². The van der Waals surface area contributed by atoms with Crippen LogP contribution in [0.5, 0.6) is 0 Å². The van der Waals surface area contributed by atoms with Gasteiger partial charge in [0, 0.05) is 6.04 Å². The number of hydrogen-bond acceptors (Lipinski definition) is 2. The number of rotatable bonds is 0. The smallest absolute Gasteiger partial charge is 0.00388 e. The SMILES string of the molecule is C1CCNCC1.NC1CCCC1. The van der Waals surface area contributed by atoms with Crippen molar-refractivity contribution >= 4 is 0 Å². The van der Waals surface area contributed by atoms with Gasteiger partial charge in [0.25, 0.3) is 0 Å². The maximum Gasteiger partial charge on any atom is 0.00388 e. The number of piperidine rings is 1. The van der Waals surface area contributed by atoms with Crippen LogP contribution in [0.2, 0.25) is 0 Å². The number of nitrogens with one attached hydrogen (secondary N) is 1. The molecule has 2 rings (SSSR count). The molecule has 1 saturated carbocycles. The van der Waals surface area contributed by atoms with Gasteiger partial charge in [0.2, 0.25) is 0 Å². The largest absolute Gasteiger partial charge is 0.328 e. The summed E-state index contributed by atoms with van der Waals surface area (Å²) < 4.78 is 0. The van der Waals surface area contributed by atoms with Gasteiger partial charge in [0.1, 0.15) is 0 Å². The Kier molecular flexibility index (Phi) is 5.37. The van der Waals surface area contributed by atoms with E-state index < -0.39 is 0 Å². The highest BCUT2D eigenvalue weighted by Gasteiger charge is 2.07. The lowest BCUT2D eigenvalue weighted by Gasteiger charge is -2.08. The van der Waals surface area contributed by atoms with Gasteiger partial charge in [0.15, 0.2) is 0 Å². The topological polar surface area (TPSA) is 38.0 Å². The van der Waals surface area contributed by atoms with Crippen molar-refractivity contribution in [3.63, 3.8) is 0 Å². The third-order valence-corrected chi connectivity index (χ3v) is 2.61. The molecule has 2 heteroatoms. The third kappa shape index (κ3) is 4.73. The lowest BCUT2D eigenvalue weighted by atomic mass is 10.2. The van der Waals surface area contributed by atoms with Crippen LogP contribution >= 0.6 is 0 Å². The molecular formula is C10H22N2. The Morgan fingerprint density at radius 2 is 1.42 bits per heavy atom. The Balaban J connectivity index is 0.000000120. The minimum atomic E-state index is 0.546. The van der Waals surface area contributed by atoms with Crippen LogP contribution in [0.3, 0.4) is 0 Å². The summed E-state index contributed by atoms with van der Waals surface area (Å²) in [5, 5.41) is 3.28. The van der Waals surface area contributed by atoms with Gasteiger partial charge in [-0.05, 0) is 38.8 Å². The molecule has 1 aliphatic carbocycles. The fourth-order valence-corrected chi connectivity index (χ4v) is 1.76. The van der Waals surface area contributed by atoms with E-state index in [9.17, 15) is 0 Å². The highest BCUT2D eigenvalue weighted by Crippen LogP contribution is 2.14. The Morgan fingerprint density at radius 1 is 0.833 bits per heavy atom. The standard InChI is InChI=1S/2C5H11N/c1-2-4-6-5-3-1;6-5-3-1-2-4-5/h6H,1-5H2;5H,1-4,6H2. The summed E-state index contributed by atoms with van der Waals surface area (Å²) in [5.74, 6) is 0. The first kappa shape index (κ1) is 10.0. The molecule has 2 aliphatic rings. The molecule has 0 aromatic heterocycles. The van der Waals surface area contributed by atoms with Crippen LogP contribution in [0.25, 0.3) is 0 Å². The minimum absolute atomic E-state index is 0.546. The maximum absolute atomic E-state index is 5.53. The zero-order valence-corrected chi connectivity index (χ0v) is 8.02. The van der Waals surface area contributed by atoms with Crippen LogP contribution in [0.4, 0.5) is 0 Å². The van der Waals surface area contributed by atoms with E-state index in [4.69, 9.17) is 5.73 Å². The number of nitrogens with two attached hydrogens (primary N) is 1. The molecule has 0 spiro atoms. The van der Waals surface area contributed by atoms with Gasteiger partial charge < -0.3 is 11.1 Å². The molecule has 0 aromatic carbocycles. The van der Waals surface area contributed by atoms with E-state index in [2.05, 4.69) is 5.32 Å². The monoisotopic (exact) mass is 170 g/mol. The molecule has 1 aliphatic heterocycles. The van der Waals surface area contributed by atoms with Crippen LogP contribution in [0.1, 0.15) is 44.9 Å². The van der Waals surface area contributed by atoms with E-state index >= 15 is 0 Å². The summed E-state index contributed by atoms with van der Waals surface area (Å²) in [6, 6.07) is 0.546. The fraction of sp³-hybridized carbons (Fsp3) is 1.00. The van der Waals surface area contributed by atoms with Crippen molar-refractivity contribution in [1.29, 1.82) is 0 Å². The summed E-state index contributed by atoms with van der Waals surface area (Å²) in [5.41, 5.74) is 5.53. The van der Waals surface area contributed by atoms with E-state index in [0.29, 0.717) is 6.04 Å². The van der Waals surface area contributed by atoms with Gasteiger partial charge >= 0.3 is 0 Å². The molecule has 0 unspecified atom stereocenters. The van der Waals surface area contributed by atoms with Gasteiger partial charge in [0.05, 0.1) is 0 Å². The second-order valence-corrected chi connectivity index (χ2v) is 3.86. The molecule has 0 atom stereocenters. The molecule has 0 bridgehead atoms. The van der Waals surface area contributed by atoms with E-state index in [1.807, 2.05) is 0 Å². The predicted octanol–water partition coefficient (Wildman–Crippen LogP) is 1.65. The fourth-order valence-electron chi connectivity index (χ4n) is 1.76. The van der Waals surface area contributed by atoms with Gasteiger partial charge in [-0.25, -0.2) is 0 Å². The lowest BCUT2D eigenvalue weighted by Crippen LogP contribution is -2.21. The molecule has 2 nitrogen and oxygen atoms in total. The molecule has 12 heavy (non-hydrogen) atoms. The van der Waals surface area contributed by atoms with Crippen molar-refractivity contribution in [2.75, 3.05) is 13.1 Å². The second kappa shape index (κ2) is 6.44. The molecular weight excluding hydrogens is 148 g/mol. The molecule has 2 fully saturated rings. The Labute approximate surface area is 75.9 Å². The van der Waals surface area contributed by atoms with Crippen LogP contribution < -0.4 is 11.1 Å². The van der Waals surface area contributed by atoms with E-state index in [0.717, 1.165) is 0 Å². The molecule has 0 aromatic rings. The third-order valence-electron chi connectivity index (χ3n) is 2.61. The van der Waals surface area contributed by atoms with Crippen molar-refractivity contribution in [1.82, 2.24) is 5.32 Å². The molecule has 1 heterocycles. The first-order valence-electron chi connectivity index (χ1n) is 5.36. The molecule has 1 saturated heterocycles. The molecule has 72 valence electrons. The molecule has 0 radical (unpaired) electrons. The van der Waals surface area contributed by atoms with Crippen molar-refractivity contribution in [2.24, 2.45) is 5.73 Å². The van der Waals surface area contributed by atoms with Crippen LogP contribution in [-0.4, -0.2) is 19.1 Å². The Bertz CT molecular complexity index is 82.5. The van der Waals surface area contributed by atoms with Gasteiger partial charge in [-0.2, -0.15) is 0 Å². The van der Waals surface area contributed by atoms with Crippen LogP contribution in [0.15, 0.2) is 0 Å². The zero-order chi connectivity index (χ0) is 8.65. The van der Waals surface area contributed by atoms with Crippen LogP contribution in [-0.2, 0) is 0 Å². The van der Waals surface area contributed by atoms with E-state index in [1.54, 1.807) is 0 Å². The van der Waals surface area contributed by atoms with Crippen molar-refractivity contribution in [3.05, 3.63) is 0 Å². The first-order valence-corrected chi connectivity index (χ1v) is 5.36. The average molecular weight is 170 g/mol. The average Bonchev–Trinajstić information content (AvgIpc) is 2.60. The van der Waals surface area contributed by atoms with Crippen molar-refractivity contribution < 1.29 is 0 Å². The van der Waals surface area contributed by atoms with Gasteiger partial charge in [-0.3, -0.25) is 0 Å². The summed E-state index contributed by atoms with van der Waals surface area (Å²) >= 11 is 0. The van der Waals surface area contributed by atoms with E-state index in [-0.39, 0.29) is 0 Å². The molecule has 0 amide bonds. The normalized spacial score (nSPS) is 24.8. The van der Waals surface area contributed by atoms with E-state index in [1.165, 1.54) is 58.0 Å². The summed E-state index contributed by atoms with van der Waals surface area (Å²) in [6.45, 7) is 2.50. The summed E-state index contributed by atoms with van der Waals surface area (Å²) in [6.07, 6.45) is 9.47. The Morgan fingerprint density at radius 3 is 1.58 bits per heavy atom. The predicted molar refractivity (Wildman–Crippen MR) is 53.2 cm³/mol. The quantitative estimate of drug-likeness (QED) is 0.580. The zero-order valence-electron chi connectivity index (χ0n) is 8.02. The van der Waals surface area contributed by atoms with Crippen molar-refractivity contribution in [2.45, 2.75) is 51.0 Å². The number of hydrogen-bond donors (Lipinski definition) is 2. The van der Waals surface area contributed by atoms with Crippen molar-refractivity contribution in [3.8, 4) is 0 Å². The van der Waals surface area contributed by atoms with Gasteiger partial charge in [-0.15, -0.1) is 0 Å². The maximum atomic E-state index is 5.53. The summed E-state index contributed by atoms with van der Waals surface area (Å²) in [4.78, 5) is 0. The first-order chi connectivity index (χ1) is 5.89. The lowest BCUT2D eigenvalue weighted by molar-refractivity contribution is 0.520. The highest BCUT2D eigenvalue weighted by atomic mass is 14.9. The second-order valence-electron chi connectivity index (χ2n) is 3.86. The summed E-state index contributed by atoms with van der Waals surface area (Å²) in [7, 11) is 0. The molecule has 3 N–H and O–H groups in total.